The lowest BCUT2D eigenvalue weighted by Gasteiger charge is -2.29. The van der Waals surface area contributed by atoms with E-state index in [0.717, 1.165) is 36.3 Å². The van der Waals surface area contributed by atoms with Gasteiger partial charge in [-0.1, -0.05) is 94.1 Å². The fourth-order valence-electron chi connectivity index (χ4n) is 6.05. The molecule has 1 aliphatic carbocycles. The number of unbranched alkanes of at least 4 members (excludes halogenated alkanes) is 4. The molecule has 0 radical (unpaired) electrons. The van der Waals surface area contributed by atoms with Crippen molar-refractivity contribution < 1.29 is 38.4 Å². The summed E-state index contributed by atoms with van der Waals surface area (Å²) >= 11 is 0. The van der Waals surface area contributed by atoms with Gasteiger partial charge in [-0.3, -0.25) is 0 Å². The maximum atomic E-state index is 12.4. The van der Waals surface area contributed by atoms with E-state index in [-0.39, 0.29) is 12.6 Å². The highest BCUT2D eigenvalue weighted by Gasteiger charge is 2.46. The molecule has 1 saturated carbocycles. The van der Waals surface area contributed by atoms with E-state index in [1.54, 1.807) is 0 Å². The summed E-state index contributed by atoms with van der Waals surface area (Å²) in [6.07, 6.45) is 9.81. The normalized spacial score (nSPS) is 23.2. The summed E-state index contributed by atoms with van der Waals surface area (Å²) in [7, 11) is 0. The Kier molecular flexibility index (Phi) is 13.0. The molecule has 3 atom stereocenters. The average Bonchev–Trinajstić information content (AvgIpc) is 3.51. The molecule has 8 heteroatoms. The van der Waals surface area contributed by atoms with Crippen molar-refractivity contribution in [3.05, 3.63) is 72.3 Å². The number of carboxylic acid groups (broad SMARTS) is 1. The van der Waals surface area contributed by atoms with E-state index >= 15 is 0 Å². The Morgan fingerprint density at radius 1 is 0.795 bits per heavy atom. The molecule has 2 aromatic carbocycles. The minimum Gasteiger partial charge on any atom is -0.479 e. The first kappa shape index (κ1) is 33.4. The lowest BCUT2D eigenvalue weighted by atomic mass is 9.77. The molecular formula is C36H46O8. The minimum atomic E-state index is -1.41. The van der Waals surface area contributed by atoms with Gasteiger partial charge >= 0.3 is 17.9 Å². The highest BCUT2D eigenvalue weighted by Crippen LogP contribution is 2.39. The molecule has 2 aromatic rings. The first-order valence-corrected chi connectivity index (χ1v) is 16.1. The average molecular weight is 607 g/mol. The monoisotopic (exact) mass is 606 g/mol. The Labute approximate surface area is 260 Å². The number of hydrogen-bond acceptors (Lipinski definition) is 7. The van der Waals surface area contributed by atoms with Crippen molar-refractivity contribution in [3.8, 4) is 11.1 Å². The molecule has 1 unspecified atom stereocenters. The summed E-state index contributed by atoms with van der Waals surface area (Å²) in [5.41, 5.74) is 4.17. The number of rotatable bonds is 16. The zero-order valence-electron chi connectivity index (χ0n) is 25.8. The molecule has 1 saturated heterocycles. The maximum absolute atomic E-state index is 12.4. The van der Waals surface area contributed by atoms with Crippen LogP contribution in [-0.4, -0.2) is 48.4 Å². The SMILES string of the molecule is C=CC(=O)OCCCCCCC1CCC(c2ccc(-c3ccc(C4O[C@@H](C(=O)O)[C@H](C(=O)OCCCC)O4)cc3)cc2)CC1. The number of carbonyl (C=O) groups is 3. The molecule has 44 heavy (non-hydrogen) atoms. The van der Waals surface area contributed by atoms with Gasteiger partial charge in [0.25, 0.3) is 0 Å². The molecule has 8 nitrogen and oxygen atoms in total. The fraction of sp³-hybridized carbons (Fsp3) is 0.528. The molecule has 1 heterocycles. The highest BCUT2D eigenvalue weighted by atomic mass is 16.7. The van der Waals surface area contributed by atoms with Gasteiger partial charge in [0, 0.05) is 11.6 Å². The van der Waals surface area contributed by atoms with Crippen molar-refractivity contribution in [2.24, 2.45) is 5.92 Å². The van der Waals surface area contributed by atoms with Crippen LogP contribution in [0, 0.1) is 5.92 Å². The number of ether oxygens (including phenoxy) is 4. The van der Waals surface area contributed by atoms with Crippen molar-refractivity contribution in [2.45, 2.75) is 102 Å². The van der Waals surface area contributed by atoms with Crippen LogP contribution >= 0.6 is 0 Å². The number of hydrogen-bond donors (Lipinski definition) is 1. The second kappa shape index (κ2) is 17.1. The maximum Gasteiger partial charge on any atom is 0.338 e. The van der Waals surface area contributed by atoms with E-state index in [0.29, 0.717) is 24.5 Å². The summed E-state index contributed by atoms with van der Waals surface area (Å²) in [6, 6.07) is 16.4. The van der Waals surface area contributed by atoms with Crippen molar-refractivity contribution in [1.82, 2.24) is 0 Å². The zero-order chi connectivity index (χ0) is 31.3. The topological polar surface area (TPSA) is 108 Å². The van der Waals surface area contributed by atoms with E-state index in [1.165, 1.54) is 56.6 Å². The summed E-state index contributed by atoms with van der Waals surface area (Å²) in [4.78, 5) is 35.2. The van der Waals surface area contributed by atoms with Crippen LogP contribution in [0.4, 0.5) is 0 Å². The van der Waals surface area contributed by atoms with Crippen molar-refractivity contribution in [2.75, 3.05) is 13.2 Å². The molecular weight excluding hydrogens is 560 g/mol. The van der Waals surface area contributed by atoms with Crippen molar-refractivity contribution in [1.29, 1.82) is 0 Å². The predicted molar refractivity (Wildman–Crippen MR) is 167 cm³/mol. The Bertz CT molecular complexity index is 1210. The van der Waals surface area contributed by atoms with Crippen LogP contribution in [0.25, 0.3) is 11.1 Å². The van der Waals surface area contributed by atoms with Crippen LogP contribution in [0.3, 0.4) is 0 Å². The van der Waals surface area contributed by atoms with Gasteiger partial charge in [-0.15, -0.1) is 0 Å². The van der Waals surface area contributed by atoms with Crippen LogP contribution < -0.4 is 0 Å². The van der Waals surface area contributed by atoms with Gasteiger partial charge in [-0.05, 0) is 67.1 Å². The van der Waals surface area contributed by atoms with Gasteiger partial charge in [-0.2, -0.15) is 0 Å². The van der Waals surface area contributed by atoms with Gasteiger partial charge in [0.05, 0.1) is 13.2 Å². The van der Waals surface area contributed by atoms with E-state index in [9.17, 15) is 19.5 Å². The standard InChI is InChI=1S/C36H46O8/c1-3-5-23-42-35(40)33-32(34(38)39)43-36(44-33)30-21-19-29(20-22-30)28-17-15-27(16-18-28)26-13-11-25(12-14-26)10-8-6-7-9-24-41-31(37)4-2/h4,15-22,25-26,32-33,36H,2-3,5-14,23-24H2,1H3,(H,38,39)/t25?,26?,32-,33-,36?/m1/s1. The quantitative estimate of drug-likeness (QED) is 0.119. The number of esters is 2. The molecule has 0 bridgehead atoms. The third-order valence-corrected chi connectivity index (χ3v) is 8.70. The van der Waals surface area contributed by atoms with Gasteiger partial charge in [0.15, 0.2) is 18.5 Å². The van der Waals surface area contributed by atoms with Crippen LogP contribution in [-0.2, 0) is 33.3 Å². The van der Waals surface area contributed by atoms with Crippen LogP contribution in [0.2, 0.25) is 0 Å². The number of carbonyl (C=O) groups excluding carboxylic acids is 2. The Hall–Kier alpha value is -3.49. The minimum absolute atomic E-state index is 0.223. The highest BCUT2D eigenvalue weighted by molar-refractivity contribution is 5.85. The molecule has 1 aliphatic heterocycles. The first-order valence-electron chi connectivity index (χ1n) is 16.1. The third-order valence-electron chi connectivity index (χ3n) is 8.70. The lowest BCUT2D eigenvalue weighted by molar-refractivity contribution is -0.161. The van der Waals surface area contributed by atoms with Crippen LogP contribution in [0.1, 0.15) is 101 Å². The lowest BCUT2D eigenvalue weighted by Crippen LogP contribution is -2.38. The Balaban J connectivity index is 1.22. The Morgan fingerprint density at radius 3 is 2.00 bits per heavy atom. The van der Waals surface area contributed by atoms with E-state index in [1.807, 2.05) is 31.2 Å². The predicted octanol–water partition coefficient (Wildman–Crippen LogP) is 7.52. The van der Waals surface area contributed by atoms with E-state index in [4.69, 9.17) is 18.9 Å². The molecule has 1 N–H and O–H groups in total. The summed E-state index contributed by atoms with van der Waals surface area (Å²) in [5, 5.41) is 9.55. The second-order valence-electron chi connectivity index (χ2n) is 11.8. The molecule has 2 aliphatic rings. The summed E-state index contributed by atoms with van der Waals surface area (Å²) < 4.78 is 21.5. The van der Waals surface area contributed by atoms with Gasteiger partial charge in [0.2, 0.25) is 0 Å². The number of carboxylic acids is 1. The van der Waals surface area contributed by atoms with Crippen molar-refractivity contribution >= 4 is 17.9 Å². The van der Waals surface area contributed by atoms with E-state index < -0.39 is 30.4 Å². The Morgan fingerprint density at radius 2 is 1.39 bits per heavy atom. The smallest absolute Gasteiger partial charge is 0.338 e. The number of benzene rings is 2. The third kappa shape index (κ3) is 9.50. The summed E-state index contributed by atoms with van der Waals surface area (Å²) in [6.45, 7) is 6.09. The first-order chi connectivity index (χ1) is 21.4. The van der Waals surface area contributed by atoms with Gasteiger partial charge in [-0.25, -0.2) is 14.4 Å². The summed E-state index contributed by atoms with van der Waals surface area (Å²) in [5.74, 6) is -0.901. The molecule has 0 aromatic heterocycles. The van der Waals surface area contributed by atoms with Crippen LogP contribution in [0.15, 0.2) is 61.2 Å². The van der Waals surface area contributed by atoms with Gasteiger partial charge < -0.3 is 24.1 Å². The second-order valence-corrected chi connectivity index (χ2v) is 11.8. The van der Waals surface area contributed by atoms with E-state index in [2.05, 4.69) is 30.8 Å². The number of aliphatic carboxylic acids is 1. The van der Waals surface area contributed by atoms with Crippen molar-refractivity contribution in [3.63, 3.8) is 0 Å². The van der Waals surface area contributed by atoms with Crippen LogP contribution in [0.5, 0.6) is 0 Å². The zero-order valence-corrected chi connectivity index (χ0v) is 25.8. The largest absolute Gasteiger partial charge is 0.479 e. The molecule has 4 rings (SSSR count). The molecule has 0 spiro atoms. The van der Waals surface area contributed by atoms with Gasteiger partial charge in [0.1, 0.15) is 0 Å². The molecule has 0 amide bonds. The molecule has 2 fully saturated rings. The fourth-order valence-corrected chi connectivity index (χ4v) is 6.05. The molecule has 238 valence electrons.